The zero-order valence-electron chi connectivity index (χ0n) is 13.8. The smallest absolute Gasteiger partial charge is 0.0723 e. The highest BCUT2D eigenvalue weighted by Crippen LogP contribution is 2.61. The van der Waals surface area contributed by atoms with E-state index in [1.807, 2.05) is 0 Å². The second-order valence-corrected chi connectivity index (χ2v) is 8.88. The summed E-state index contributed by atoms with van der Waals surface area (Å²) in [4.78, 5) is 2.63. The molecular formula is C19H33NO. The Bertz CT molecular complexity index is 340. The average molecular weight is 291 g/mol. The van der Waals surface area contributed by atoms with Gasteiger partial charge in [0.1, 0.15) is 0 Å². The first-order valence-electron chi connectivity index (χ1n) is 9.60. The zero-order valence-corrected chi connectivity index (χ0v) is 13.8. The summed E-state index contributed by atoms with van der Waals surface area (Å²) in [5, 5.41) is 11.1. The molecule has 0 spiro atoms. The average Bonchev–Trinajstić information content (AvgIpc) is 3.26. The van der Waals surface area contributed by atoms with Gasteiger partial charge in [0.05, 0.1) is 6.10 Å². The number of hydrogen-bond donors (Lipinski definition) is 1. The summed E-state index contributed by atoms with van der Waals surface area (Å²) in [6, 6.07) is 0.806. The van der Waals surface area contributed by atoms with E-state index in [9.17, 15) is 5.11 Å². The van der Waals surface area contributed by atoms with E-state index in [-0.39, 0.29) is 6.10 Å². The van der Waals surface area contributed by atoms with Crippen LogP contribution in [0.3, 0.4) is 0 Å². The van der Waals surface area contributed by atoms with Crippen molar-refractivity contribution in [1.82, 2.24) is 4.90 Å². The van der Waals surface area contributed by atoms with Gasteiger partial charge in [-0.1, -0.05) is 13.3 Å². The van der Waals surface area contributed by atoms with Crippen molar-refractivity contribution in [3.05, 3.63) is 0 Å². The quantitative estimate of drug-likeness (QED) is 0.770. The van der Waals surface area contributed by atoms with Gasteiger partial charge in [-0.25, -0.2) is 0 Å². The Morgan fingerprint density at radius 3 is 2.10 bits per heavy atom. The Balaban J connectivity index is 1.42. The molecule has 0 aromatic heterocycles. The van der Waals surface area contributed by atoms with Crippen molar-refractivity contribution < 1.29 is 5.11 Å². The Morgan fingerprint density at radius 1 is 1.05 bits per heavy atom. The summed E-state index contributed by atoms with van der Waals surface area (Å²) in [6.07, 6.45) is 13.7. The number of nitrogens with zero attached hydrogens (tertiary/aromatic N) is 1. The lowest BCUT2D eigenvalue weighted by atomic mass is 9.48. The van der Waals surface area contributed by atoms with E-state index in [1.54, 1.807) is 0 Å². The molecule has 5 saturated carbocycles. The molecule has 4 bridgehead atoms. The van der Waals surface area contributed by atoms with Crippen LogP contribution in [0.1, 0.15) is 71.1 Å². The van der Waals surface area contributed by atoms with Crippen molar-refractivity contribution in [1.29, 1.82) is 0 Å². The summed E-state index contributed by atoms with van der Waals surface area (Å²) < 4.78 is 0. The molecule has 5 rings (SSSR count). The van der Waals surface area contributed by atoms with E-state index < -0.39 is 0 Å². The maximum Gasteiger partial charge on any atom is 0.0723 e. The molecule has 1 unspecified atom stereocenters. The number of unbranched alkanes of at least 4 members (excludes halogenated alkanes) is 1. The molecule has 5 aliphatic carbocycles. The first-order valence-corrected chi connectivity index (χ1v) is 9.60. The molecule has 0 amide bonds. The van der Waals surface area contributed by atoms with Gasteiger partial charge in [-0.3, -0.25) is 4.90 Å². The molecule has 0 radical (unpaired) electrons. The normalized spacial score (nSPS) is 42.7. The molecule has 1 N–H and O–H groups in total. The first kappa shape index (κ1) is 14.5. The van der Waals surface area contributed by atoms with Gasteiger partial charge in [0.2, 0.25) is 0 Å². The second-order valence-electron chi connectivity index (χ2n) is 8.88. The van der Waals surface area contributed by atoms with Crippen LogP contribution in [0.5, 0.6) is 0 Å². The van der Waals surface area contributed by atoms with Gasteiger partial charge in [-0.2, -0.15) is 0 Å². The van der Waals surface area contributed by atoms with Crippen LogP contribution in [0, 0.1) is 23.2 Å². The number of rotatable bonds is 7. The fourth-order valence-electron chi connectivity index (χ4n) is 6.23. The van der Waals surface area contributed by atoms with E-state index in [0.29, 0.717) is 5.41 Å². The molecule has 120 valence electrons. The molecule has 21 heavy (non-hydrogen) atoms. The van der Waals surface area contributed by atoms with Gasteiger partial charge in [0.15, 0.2) is 0 Å². The third-order valence-electron chi connectivity index (χ3n) is 7.06. The van der Waals surface area contributed by atoms with E-state index >= 15 is 0 Å². The highest BCUT2D eigenvalue weighted by atomic mass is 16.3. The Morgan fingerprint density at radius 2 is 1.62 bits per heavy atom. The highest BCUT2D eigenvalue weighted by molar-refractivity contribution is 5.05. The molecule has 1 atom stereocenters. The SMILES string of the molecule is CCCCN(CC(O)C12CC3CC(CC(C3)C1)C2)C1CC1. The largest absolute Gasteiger partial charge is 0.391 e. The molecule has 2 heteroatoms. The number of aliphatic hydroxyl groups excluding tert-OH is 1. The minimum atomic E-state index is -0.0524. The van der Waals surface area contributed by atoms with Gasteiger partial charge in [-0.15, -0.1) is 0 Å². The van der Waals surface area contributed by atoms with Gasteiger partial charge >= 0.3 is 0 Å². The molecule has 0 aromatic rings. The molecule has 0 saturated heterocycles. The maximum absolute atomic E-state index is 11.1. The summed E-state index contributed by atoms with van der Waals surface area (Å²) in [5.41, 5.74) is 0.314. The van der Waals surface area contributed by atoms with Crippen molar-refractivity contribution in [3.63, 3.8) is 0 Å². The van der Waals surface area contributed by atoms with Gasteiger partial charge in [-0.05, 0) is 87.5 Å². The zero-order chi connectivity index (χ0) is 14.4. The van der Waals surface area contributed by atoms with E-state index in [2.05, 4.69) is 11.8 Å². The molecule has 0 heterocycles. The fraction of sp³-hybridized carbons (Fsp3) is 1.00. The van der Waals surface area contributed by atoms with E-state index in [4.69, 9.17) is 0 Å². The number of hydrogen-bond acceptors (Lipinski definition) is 2. The fourth-order valence-corrected chi connectivity index (χ4v) is 6.23. The topological polar surface area (TPSA) is 23.5 Å². The van der Waals surface area contributed by atoms with Crippen LogP contribution in [-0.2, 0) is 0 Å². The van der Waals surface area contributed by atoms with Crippen LogP contribution >= 0.6 is 0 Å². The standard InChI is InChI=1S/C19H33NO/c1-2-3-6-20(17-4-5-17)13-18(21)19-10-14-7-15(11-19)9-16(8-14)12-19/h14-18,21H,2-13H2,1H3. The van der Waals surface area contributed by atoms with Crippen LogP contribution in [0.25, 0.3) is 0 Å². The molecule has 5 fully saturated rings. The predicted molar refractivity (Wildman–Crippen MR) is 86.1 cm³/mol. The monoisotopic (exact) mass is 291 g/mol. The van der Waals surface area contributed by atoms with Crippen LogP contribution < -0.4 is 0 Å². The molecule has 0 aliphatic heterocycles. The summed E-state index contributed by atoms with van der Waals surface area (Å²) in [6.45, 7) is 4.46. The number of aliphatic hydroxyl groups is 1. The van der Waals surface area contributed by atoms with E-state index in [0.717, 1.165) is 30.3 Å². The van der Waals surface area contributed by atoms with Crippen LogP contribution in [0.2, 0.25) is 0 Å². The van der Waals surface area contributed by atoms with Gasteiger partial charge < -0.3 is 5.11 Å². The summed E-state index contributed by atoms with van der Waals surface area (Å²) in [7, 11) is 0. The Hall–Kier alpha value is -0.0800. The Kier molecular flexibility index (Phi) is 3.82. The third-order valence-corrected chi connectivity index (χ3v) is 7.06. The van der Waals surface area contributed by atoms with Gasteiger partial charge in [0.25, 0.3) is 0 Å². The van der Waals surface area contributed by atoms with Crippen molar-refractivity contribution >= 4 is 0 Å². The van der Waals surface area contributed by atoms with E-state index in [1.165, 1.54) is 70.8 Å². The lowest BCUT2D eigenvalue weighted by Gasteiger charge is -2.58. The predicted octanol–water partition coefficient (Wildman–Crippen LogP) is 3.83. The molecule has 2 nitrogen and oxygen atoms in total. The minimum absolute atomic E-state index is 0.0524. The molecule has 0 aromatic carbocycles. The van der Waals surface area contributed by atoms with Crippen molar-refractivity contribution in [2.24, 2.45) is 23.2 Å². The first-order chi connectivity index (χ1) is 10.2. The highest BCUT2D eigenvalue weighted by Gasteiger charge is 2.54. The second kappa shape index (κ2) is 5.53. The molecular weight excluding hydrogens is 258 g/mol. The van der Waals surface area contributed by atoms with Gasteiger partial charge in [0, 0.05) is 12.6 Å². The lowest BCUT2D eigenvalue weighted by Crippen LogP contribution is -2.54. The minimum Gasteiger partial charge on any atom is -0.391 e. The van der Waals surface area contributed by atoms with Crippen LogP contribution in [0.4, 0.5) is 0 Å². The summed E-state index contributed by atoms with van der Waals surface area (Å²) >= 11 is 0. The van der Waals surface area contributed by atoms with Crippen molar-refractivity contribution in [3.8, 4) is 0 Å². The third kappa shape index (κ3) is 2.79. The summed E-state index contributed by atoms with van der Waals surface area (Å²) in [5.74, 6) is 2.86. The maximum atomic E-state index is 11.1. The van der Waals surface area contributed by atoms with Crippen LogP contribution in [0.15, 0.2) is 0 Å². The van der Waals surface area contributed by atoms with Crippen molar-refractivity contribution in [2.75, 3.05) is 13.1 Å². The Labute approximate surface area is 130 Å². The molecule has 5 aliphatic rings. The van der Waals surface area contributed by atoms with Crippen LogP contribution in [-0.4, -0.2) is 35.2 Å². The lowest BCUT2D eigenvalue weighted by molar-refractivity contribution is -0.127. The van der Waals surface area contributed by atoms with Crippen molar-refractivity contribution in [2.45, 2.75) is 83.3 Å².